The van der Waals surface area contributed by atoms with Gasteiger partial charge in [-0.15, -0.1) is 0 Å². The first kappa shape index (κ1) is 21.0. The van der Waals surface area contributed by atoms with E-state index in [0.29, 0.717) is 54.9 Å². The Morgan fingerprint density at radius 3 is 2.69 bits per heavy atom. The second-order valence-electron chi connectivity index (χ2n) is 8.12. The van der Waals surface area contributed by atoms with Gasteiger partial charge in [-0.05, 0) is 44.5 Å². The third kappa shape index (κ3) is 4.37. The number of nitrogens with one attached hydrogen (secondary N) is 2. The van der Waals surface area contributed by atoms with Gasteiger partial charge in [0.15, 0.2) is 5.82 Å². The molecule has 170 valence electrons. The van der Waals surface area contributed by atoms with E-state index in [1.807, 2.05) is 6.07 Å². The summed E-state index contributed by atoms with van der Waals surface area (Å²) >= 11 is 0. The molecule has 32 heavy (non-hydrogen) atoms. The third-order valence-electron chi connectivity index (χ3n) is 5.95. The minimum absolute atomic E-state index is 0.229. The van der Waals surface area contributed by atoms with Crippen molar-refractivity contribution in [1.82, 2.24) is 24.8 Å². The molecule has 2 aromatic heterocycles. The highest BCUT2D eigenvalue weighted by Gasteiger charge is 2.24. The summed E-state index contributed by atoms with van der Waals surface area (Å²) in [4.78, 5) is 15.7. The van der Waals surface area contributed by atoms with Crippen LogP contribution in [0.25, 0.3) is 16.9 Å². The molecule has 0 aliphatic carbocycles. The Bertz CT molecular complexity index is 1060. The van der Waals surface area contributed by atoms with Crippen molar-refractivity contribution in [3.8, 4) is 5.82 Å². The first-order valence-electron chi connectivity index (χ1n) is 11.1. The largest absolute Gasteiger partial charge is 0.378 e. The quantitative estimate of drug-likeness (QED) is 0.627. The molecule has 5 rings (SSSR count). The number of morpholine rings is 1. The lowest BCUT2D eigenvalue weighted by molar-refractivity contribution is 0.122. The molecule has 10 heteroatoms. The number of imidazole rings is 1. The van der Waals surface area contributed by atoms with Crippen LogP contribution in [0.4, 0.5) is 20.5 Å². The van der Waals surface area contributed by atoms with Crippen molar-refractivity contribution in [3.05, 3.63) is 36.2 Å². The Morgan fingerprint density at radius 1 is 1.03 bits per heavy atom. The van der Waals surface area contributed by atoms with Crippen LogP contribution in [0.5, 0.6) is 0 Å². The zero-order valence-corrected chi connectivity index (χ0v) is 17.8. The number of aromatic nitrogens is 4. The number of nitrogens with zero attached hydrogens (tertiary/aromatic N) is 5. The number of rotatable bonds is 5. The van der Waals surface area contributed by atoms with Gasteiger partial charge >= 0.3 is 0 Å². The molecule has 2 aliphatic heterocycles. The topological polar surface area (TPSA) is 80.1 Å². The second kappa shape index (κ2) is 9.33. The van der Waals surface area contributed by atoms with E-state index in [4.69, 9.17) is 9.72 Å². The lowest BCUT2D eigenvalue weighted by Gasteiger charge is -2.28. The molecule has 0 bridgehead atoms. The van der Waals surface area contributed by atoms with Gasteiger partial charge in [0, 0.05) is 25.2 Å². The van der Waals surface area contributed by atoms with Gasteiger partial charge < -0.3 is 20.3 Å². The van der Waals surface area contributed by atoms with Crippen molar-refractivity contribution in [3.63, 3.8) is 0 Å². The van der Waals surface area contributed by atoms with Gasteiger partial charge in [-0.1, -0.05) is 12.1 Å². The van der Waals surface area contributed by atoms with Gasteiger partial charge in [-0.25, -0.2) is 13.8 Å². The van der Waals surface area contributed by atoms with Gasteiger partial charge in [0.05, 0.1) is 24.2 Å². The van der Waals surface area contributed by atoms with Gasteiger partial charge in [-0.2, -0.15) is 9.97 Å². The number of para-hydroxylation sites is 2. The average molecular weight is 444 g/mol. The van der Waals surface area contributed by atoms with Crippen LogP contribution in [0.1, 0.15) is 31.5 Å². The summed E-state index contributed by atoms with van der Waals surface area (Å²) in [7, 11) is 0. The Kier molecular flexibility index (Phi) is 6.13. The van der Waals surface area contributed by atoms with Gasteiger partial charge in [0.2, 0.25) is 5.95 Å². The van der Waals surface area contributed by atoms with Crippen LogP contribution in [0.2, 0.25) is 0 Å². The lowest BCUT2D eigenvalue weighted by atomic mass is 10.1. The minimum atomic E-state index is -2.73. The highest BCUT2D eigenvalue weighted by atomic mass is 19.3. The van der Waals surface area contributed by atoms with Crippen molar-refractivity contribution in [1.29, 1.82) is 0 Å². The Balaban J connectivity index is 1.59. The minimum Gasteiger partial charge on any atom is -0.378 e. The van der Waals surface area contributed by atoms with Crippen LogP contribution < -0.4 is 15.5 Å². The van der Waals surface area contributed by atoms with E-state index >= 15 is 0 Å². The standard InChI is InChI=1S/C22H27F2N7O/c23-20(24)21-27-16-5-1-2-6-17(16)31(21)19-14-18(30-10-12-32-13-11-30)28-22(29-19)26-15-4-3-8-25-9-7-15/h1-2,5-6,14-15,20,25H,3-4,7-13H2,(H,26,28,29). The second-order valence-corrected chi connectivity index (χ2v) is 8.12. The van der Waals surface area contributed by atoms with E-state index in [-0.39, 0.29) is 11.9 Å². The fourth-order valence-electron chi connectivity index (χ4n) is 4.33. The van der Waals surface area contributed by atoms with Crippen LogP contribution in [-0.2, 0) is 4.74 Å². The number of hydrogen-bond donors (Lipinski definition) is 2. The Labute approximate surface area is 185 Å². The maximum absolute atomic E-state index is 13.9. The number of ether oxygens (including phenoxy) is 1. The zero-order chi connectivity index (χ0) is 21.9. The summed E-state index contributed by atoms with van der Waals surface area (Å²) < 4.78 is 34.8. The van der Waals surface area contributed by atoms with Crippen LogP contribution >= 0.6 is 0 Å². The van der Waals surface area contributed by atoms with Crippen molar-refractivity contribution < 1.29 is 13.5 Å². The number of anilines is 2. The number of hydrogen-bond acceptors (Lipinski definition) is 7. The fraction of sp³-hybridized carbons (Fsp3) is 0.500. The molecule has 2 fully saturated rings. The van der Waals surface area contributed by atoms with Gasteiger partial charge in [-0.3, -0.25) is 4.57 Å². The normalized spacial score (nSPS) is 20.0. The van der Waals surface area contributed by atoms with Crippen LogP contribution in [0.15, 0.2) is 30.3 Å². The van der Waals surface area contributed by atoms with E-state index in [9.17, 15) is 8.78 Å². The lowest BCUT2D eigenvalue weighted by Crippen LogP contribution is -2.37. The molecular weight excluding hydrogens is 416 g/mol. The van der Waals surface area contributed by atoms with Crippen molar-refractivity contribution in [2.75, 3.05) is 49.6 Å². The number of fused-ring (bicyclic) bond motifs is 1. The molecule has 0 spiro atoms. The average Bonchev–Trinajstić information content (AvgIpc) is 3.03. The summed E-state index contributed by atoms with van der Waals surface area (Å²) in [6.45, 7) is 4.51. The summed E-state index contributed by atoms with van der Waals surface area (Å²) in [6.07, 6.45) is 0.296. The van der Waals surface area contributed by atoms with Crippen molar-refractivity contribution >= 4 is 22.8 Å². The van der Waals surface area contributed by atoms with E-state index in [1.165, 1.54) is 4.57 Å². The van der Waals surface area contributed by atoms with Crippen LogP contribution in [-0.4, -0.2) is 65.0 Å². The molecular formula is C22H27F2N7O. The molecule has 2 saturated heterocycles. The number of halogens is 2. The van der Waals surface area contributed by atoms with E-state index < -0.39 is 6.43 Å². The molecule has 1 unspecified atom stereocenters. The van der Waals surface area contributed by atoms with Crippen LogP contribution in [0, 0.1) is 0 Å². The fourth-order valence-corrected chi connectivity index (χ4v) is 4.33. The SMILES string of the molecule is FC(F)c1nc2ccccc2n1-c1cc(N2CCOCC2)nc(NC2CCCNCC2)n1. The highest BCUT2D eigenvalue weighted by Crippen LogP contribution is 2.29. The zero-order valence-electron chi connectivity index (χ0n) is 17.8. The first-order chi connectivity index (χ1) is 15.7. The van der Waals surface area contributed by atoms with E-state index in [0.717, 1.165) is 32.4 Å². The summed E-state index contributed by atoms with van der Waals surface area (Å²) in [5.41, 5.74) is 1.11. The summed E-state index contributed by atoms with van der Waals surface area (Å²) in [5, 5.41) is 6.86. The molecule has 0 saturated carbocycles. The monoisotopic (exact) mass is 443 g/mol. The number of alkyl halides is 2. The molecule has 0 amide bonds. The highest BCUT2D eigenvalue weighted by molar-refractivity contribution is 5.78. The molecule has 1 aromatic carbocycles. The Hall–Kier alpha value is -2.85. The Morgan fingerprint density at radius 2 is 1.84 bits per heavy atom. The molecule has 1 atom stereocenters. The smallest absolute Gasteiger partial charge is 0.296 e. The molecule has 2 N–H and O–H groups in total. The molecule has 0 radical (unpaired) electrons. The predicted octanol–water partition coefficient (Wildman–Crippen LogP) is 3.14. The molecule has 8 nitrogen and oxygen atoms in total. The first-order valence-corrected chi connectivity index (χ1v) is 11.1. The maximum atomic E-state index is 13.9. The van der Waals surface area contributed by atoms with Crippen molar-refractivity contribution in [2.24, 2.45) is 0 Å². The number of benzene rings is 1. The van der Waals surface area contributed by atoms with Crippen molar-refractivity contribution in [2.45, 2.75) is 31.7 Å². The predicted molar refractivity (Wildman–Crippen MR) is 119 cm³/mol. The van der Waals surface area contributed by atoms with Gasteiger partial charge in [0.1, 0.15) is 11.6 Å². The van der Waals surface area contributed by atoms with E-state index in [1.54, 1.807) is 24.3 Å². The van der Waals surface area contributed by atoms with Crippen LogP contribution in [0.3, 0.4) is 0 Å². The van der Waals surface area contributed by atoms with E-state index in [2.05, 4.69) is 25.5 Å². The molecule has 2 aliphatic rings. The third-order valence-corrected chi connectivity index (χ3v) is 5.95. The molecule has 4 heterocycles. The summed E-state index contributed by atoms with van der Waals surface area (Å²) in [6, 6.07) is 9.13. The van der Waals surface area contributed by atoms with Gasteiger partial charge in [0.25, 0.3) is 6.43 Å². The maximum Gasteiger partial charge on any atom is 0.296 e. The summed E-state index contributed by atoms with van der Waals surface area (Å²) in [5.74, 6) is 1.22. The molecule has 3 aromatic rings.